The molecule has 0 aromatic carbocycles. The first kappa shape index (κ1) is 48.3. The summed E-state index contributed by atoms with van der Waals surface area (Å²) in [5.41, 5.74) is 0. The molecule has 2 aliphatic heterocycles. The standard InChI is InChI=1S/C18H29FO10S.C11H19FO10S/c1-8-13(26-11(4)20)15(27-12(5)21)14-9(2)10(3)16(19)18(28-14,17(22)25-6)29-30(7,23)24;1-4-6(15)9(12)11(10(17)18,22-23(2,19)20)21-8(4)7(16)5(14)3-13/h9-10,13-16H,8H2,1-7H3;4-9,13-16H,3H2,1-2H3,(H,17,18)/t9-,10+,13-,14?,15-,16?,18-;4-,5-,6+,7-,8?,9?,11-/m11/s1. The highest BCUT2D eigenvalue weighted by molar-refractivity contribution is 7.86. The number of carboxylic acid groups (broad SMARTS) is 1. The Balaban J connectivity index is 0.000000549. The molecular formula is C29H48F2O20S2. The van der Waals surface area contributed by atoms with Crippen molar-refractivity contribution in [3.8, 4) is 0 Å². The molecule has 0 amide bonds. The Kier molecular flexibility index (Phi) is 17.1. The summed E-state index contributed by atoms with van der Waals surface area (Å²) in [4.78, 5) is 47.1. The third kappa shape index (κ3) is 11.7. The number of aliphatic hydroxyl groups excluding tert-OH is 4. The van der Waals surface area contributed by atoms with E-state index in [-0.39, 0.29) is 6.42 Å². The molecule has 4 unspecified atom stereocenters. The van der Waals surface area contributed by atoms with E-state index in [1.54, 1.807) is 13.8 Å². The summed E-state index contributed by atoms with van der Waals surface area (Å²) >= 11 is 0. The van der Waals surface area contributed by atoms with E-state index in [1.807, 2.05) is 0 Å². The second-order valence-electron chi connectivity index (χ2n) is 12.6. The second kappa shape index (κ2) is 18.8. The van der Waals surface area contributed by atoms with Crippen molar-refractivity contribution in [1.29, 1.82) is 0 Å². The lowest BCUT2D eigenvalue weighted by molar-refractivity contribution is -0.316. The number of rotatable bonds is 14. The summed E-state index contributed by atoms with van der Waals surface area (Å²) in [6, 6.07) is 0. The molecule has 2 rings (SSSR count). The normalized spacial score (nSPS) is 34.2. The molecule has 2 fully saturated rings. The maximum Gasteiger partial charge on any atom is 0.371 e. The van der Waals surface area contributed by atoms with Crippen LogP contribution < -0.4 is 0 Å². The summed E-state index contributed by atoms with van der Waals surface area (Å²) in [6.45, 7) is 7.16. The SMILES string of the molecule is CC[C@@H](OC(C)=O)[C@@H](OC(C)=O)C1O[C@](OS(C)(=O)=O)(C(=O)OC)C(F)[C@@H](C)[C@H]1C.C[C@H]1C([C@H](O)[C@H](O)CO)O[C@](OS(C)(=O)=O)(C(=O)O)C(F)[C@H]1O. The first-order valence-corrected chi connectivity index (χ1v) is 19.5. The number of aliphatic hydroxyl groups is 4. The van der Waals surface area contributed by atoms with Gasteiger partial charge in [-0.1, -0.05) is 27.7 Å². The average molecular weight is 819 g/mol. The van der Waals surface area contributed by atoms with Gasteiger partial charge in [0.25, 0.3) is 20.2 Å². The van der Waals surface area contributed by atoms with Crippen LogP contribution in [-0.2, 0) is 71.5 Å². The van der Waals surface area contributed by atoms with Gasteiger partial charge in [0.15, 0.2) is 18.4 Å². The number of hydrogen-bond acceptors (Lipinski definition) is 19. The molecule has 0 aromatic rings. The van der Waals surface area contributed by atoms with Crippen molar-refractivity contribution in [3.05, 3.63) is 0 Å². The van der Waals surface area contributed by atoms with Crippen LogP contribution in [0.3, 0.4) is 0 Å². The van der Waals surface area contributed by atoms with Gasteiger partial charge in [-0.25, -0.2) is 26.7 Å². The number of aliphatic carboxylic acids is 1. The van der Waals surface area contributed by atoms with Crippen molar-refractivity contribution in [1.82, 2.24) is 0 Å². The van der Waals surface area contributed by atoms with Gasteiger partial charge in [-0.2, -0.15) is 16.8 Å². The maximum atomic E-state index is 15.3. The summed E-state index contributed by atoms with van der Waals surface area (Å²) < 4.78 is 110. The number of halogens is 2. The fourth-order valence-electron chi connectivity index (χ4n) is 5.68. The van der Waals surface area contributed by atoms with E-state index in [4.69, 9.17) is 33.3 Å². The van der Waals surface area contributed by atoms with Gasteiger partial charge in [0.05, 0.1) is 38.4 Å². The highest BCUT2D eigenvalue weighted by Crippen LogP contribution is 2.44. The summed E-state index contributed by atoms with van der Waals surface area (Å²) in [5.74, 6) is -14.3. The largest absolute Gasteiger partial charge is 0.477 e. The zero-order chi connectivity index (χ0) is 41.6. The number of ether oxygens (including phenoxy) is 5. The molecule has 0 bridgehead atoms. The van der Waals surface area contributed by atoms with E-state index in [0.717, 1.165) is 21.0 Å². The molecular weight excluding hydrogens is 770 g/mol. The molecule has 0 radical (unpaired) electrons. The maximum absolute atomic E-state index is 15.3. The van der Waals surface area contributed by atoms with Crippen LogP contribution in [0.15, 0.2) is 0 Å². The van der Waals surface area contributed by atoms with E-state index in [1.165, 1.54) is 13.8 Å². The number of carbonyl (C=O) groups is 4. The van der Waals surface area contributed by atoms with E-state index in [0.29, 0.717) is 12.5 Å². The van der Waals surface area contributed by atoms with E-state index in [2.05, 4.69) is 8.92 Å². The molecule has 53 heavy (non-hydrogen) atoms. The van der Waals surface area contributed by atoms with Crippen molar-refractivity contribution in [2.75, 3.05) is 26.2 Å². The lowest BCUT2D eigenvalue weighted by Crippen LogP contribution is -2.68. The Morgan fingerprint density at radius 1 is 0.811 bits per heavy atom. The van der Waals surface area contributed by atoms with Gasteiger partial charge < -0.3 is 49.2 Å². The van der Waals surface area contributed by atoms with E-state index >= 15 is 4.39 Å². The summed E-state index contributed by atoms with van der Waals surface area (Å²) in [5, 5.41) is 47.1. The highest BCUT2D eigenvalue weighted by Gasteiger charge is 2.65. The minimum absolute atomic E-state index is 0.190. The average Bonchev–Trinajstić information content (AvgIpc) is 3.04. The van der Waals surface area contributed by atoms with Crippen molar-refractivity contribution in [2.24, 2.45) is 17.8 Å². The van der Waals surface area contributed by atoms with Crippen LogP contribution in [0.25, 0.3) is 0 Å². The minimum Gasteiger partial charge on any atom is -0.477 e. The Bertz CT molecular complexity index is 1510. The number of methoxy groups -OCH3 is 1. The molecule has 0 spiro atoms. The lowest BCUT2D eigenvalue weighted by atomic mass is 9.78. The summed E-state index contributed by atoms with van der Waals surface area (Å²) in [6.07, 6.45) is -14.8. The minimum atomic E-state index is -4.53. The molecule has 0 saturated carbocycles. The smallest absolute Gasteiger partial charge is 0.371 e. The zero-order valence-corrected chi connectivity index (χ0v) is 31.9. The Hall–Kier alpha value is -2.68. The van der Waals surface area contributed by atoms with Gasteiger partial charge in [0.2, 0.25) is 0 Å². The van der Waals surface area contributed by atoms with Gasteiger partial charge in [-0.3, -0.25) is 9.59 Å². The monoisotopic (exact) mass is 818 g/mol. The number of carboxylic acids is 1. The molecule has 24 heteroatoms. The fraction of sp³-hybridized carbons (Fsp3) is 0.862. The van der Waals surface area contributed by atoms with Crippen LogP contribution in [-0.4, -0.2) is 159 Å². The van der Waals surface area contributed by atoms with Crippen LogP contribution in [0.4, 0.5) is 8.78 Å². The molecule has 2 aliphatic rings. The highest BCUT2D eigenvalue weighted by atomic mass is 32.2. The molecule has 20 nitrogen and oxygen atoms in total. The molecule has 5 N–H and O–H groups in total. The molecule has 2 saturated heterocycles. The quantitative estimate of drug-likeness (QED) is 0.0742. The van der Waals surface area contributed by atoms with Crippen molar-refractivity contribution >= 4 is 44.1 Å². The van der Waals surface area contributed by atoms with Gasteiger partial charge in [-0.15, -0.1) is 0 Å². The molecule has 2 heterocycles. The van der Waals surface area contributed by atoms with Crippen LogP contribution in [0.2, 0.25) is 0 Å². The van der Waals surface area contributed by atoms with Crippen LogP contribution in [0.1, 0.15) is 48.0 Å². The van der Waals surface area contributed by atoms with Crippen molar-refractivity contribution in [3.63, 3.8) is 0 Å². The molecule has 14 atom stereocenters. The van der Waals surface area contributed by atoms with Crippen molar-refractivity contribution < 1.29 is 102 Å². The van der Waals surface area contributed by atoms with E-state index < -0.39 is 135 Å². The molecule has 0 aliphatic carbocycles. The Morgan fingerprint density at radius 3 is 1.68 bits per heavy atom. The Labute approximate surface area is 304 Å². The van der Waals surface area contributed by atoms with Crippen LogP contribution in [0.5, 0.6) is 0 Å². The lowest BCUT2D eigenvalue weighted by Gasteiger charge is -2.48. The predicted molar refractivity (Wildman–Crippen MR) is 171 cm³/mol. The van der Waals surface area contributed by atoms with E-state index in [9.17, 15) is 55.7 Å². The third-order valence-corrected chi connectivity index (χ3v) is 9.56. The molecule has 0 aromatic heterocycles. The van der Waals surface area contributed by atoms with Crippen LogP contribution >= 0.6 is 0 Å². The zero-order valence-electron chi connectivity index (χ0n) is 30.3. The number of esters is 3. The van der Waals surface area contributed by atoms with Crippen molar-refractivity contribution in [2.45, 2.75) is 115 Å². The van der Waals surface area contributed by atoms with Gasteiger partial charge >= 0.3 is 35.5 Å². The van der Waals surface area contributed by atoms with Gasteiger partial charge in [-0.05, 0) is 18.3 Å². The number of carbonyl (C=O) groups excluding carboxylic acids is 3. The fourth-order valence-corrected chi connectivity index (χ4v) is 6.99. The first-order chi connectivity index (χ1) is 24.1. The van der Waals surface area contributed by atoms with Crippen LogP contribution in [0, 0.1) is 17.8 Å². The van der Waals surface area contributed by atoms with Gasteiger partial charge in [0, 0.05) is 19.8 Å². The second-order valence-corrected chi connectivity index (χ2v) is 15.8. The van der Waals surface area contributed by atoms with Gasteiger partial charge in [0.1, 0.15) is 24.4 Å². The number of hydrogen-bond donors (Lipinski definition) is 5. The topological polar surface area (TPSA) is 302 Å². The number of alkyl halides is 2. The summed E-state index contributed by atoms with van der Waals surface area (Å²) in [7, 11) is -8.00. The Morgan fingerprint density at radius 2 is 1.28 bits per heavy atom. The predicted octanol–water partition coefficient (Wildman–Crippen LogP) is -1.69. The first-order valence-electron chi connectivity index (χ1n) is 15.8. The third-order valence-electron chi connectivity index (χ3n) is 8.46. The molecule has 310 valence electrons.